The molecule has 2 aromatic rings. The third-order valence-corrected chi connectivity index (χ3v) is 1.36. The molecule has 0 unspecified atom stereocenters. The molecule has 0 N–H and O–H groups in total. The van der Waals surface area contributed by atoms with Gasteiger partial charge in [-0.25, -0.2) is 0 Å². The van der Waals surface area contributed by atoms with Crippen molar-refractivity contribution in [3.63, 3.8) is 0 Å². The van der Waals surface area contributed by atoms with Gasteiger partial charge in [0.25, 0.3) is 0 Å². The van der Waals surface area contributed by atoms with Crippen molar-refractivity contribution in [1.82, 2.24) is 0 Å². The Bertz CT molecular complexity index is 314. The lowest BCUT2D eigenvalue weighted by atomic mass is 10.3. The summed E-state index contributed by atoms with van der Waals surface area (Å²) in [5.74, 6) is 0.833. The van der Waals surface area contributed by atoms with Gasteiger partial charge in [0.1, 0.15) is 5.58 Å². The summed E-state index contributed by atoms with van der Waals surface area (Å²) >= 11 is 0. The Balaban J connectivity index is 0.000000184. The van der Waals surface area contributed by atoms with E-state index in [0.29, 0.717) is 0 Å². The van der Waals surface area contributed by atoms with Crippen LogP contribution in [0.3, 0.4) is 0 Å². The van der Waals surface area contributed by atoms with Crippen molar-refractivity contribution in [2.45, 2.75) is 20.8 Å². The molecule has 13 heavy (non-hydrogen) atoms. The number of hydrogen-bond acceptors (Lipinski definition) is 1. The minimum Gasteiger partial charge on any atom is -0.464 e. The molecule has 1 nitrogen and oxygen atoms in total. The lowest BCUT2D eigenvalue weighted by Crippen LogP contribution is -1.66. The van der Waals surface area contributed by atoms with Crippen LogP contribution < -0.4 is 0 Å². The second-order valence-electron chi connectivity index (χ2n) is 3.69. The van der Waals surface area contributed by atoms with E-state index in [9.17, 15) is 0 Å². The Kier molecular flexibility index (Phi) is 3.56. The summed E-state index contributed by atoms with van der Waals surface area (Å²) in [6.45, 7) is 6.50. The molecule has 1 heterocycles. The number of furan rings is 1. The summed E-state index contributed by atoms with van der Waals surface area (Å²) in [4.78, 5) is 0. The Morgan fingerprint density at radius 3 is 2.23 bits per heavy atom. The molecule has 0 aliphatic heterocycles. The molecule has 70 valence electrons. The average molecular weight is 176 g/mol. The fraction of sp³-hybridized carbons (Fsp3) is 0.333. The molecule has 0 spiro atoms. The molecule has 0 aliphatic rings. The van der Waals surface area contributed by atoms with Crippen LogP contribution in [0.2, 0.25) is 0 Å². The highest BCUT2D eigenvalue weighted by Gasteiger charge is 1.89. The zero-order valence-electron chi connectivity index (χ0n) is 8.45. The maximum atomic E-state index is 5.12. The molecule has 0 saturated heterocycles. The van der Waals surface area contributed by atoms with Gasteiger partial charge >= 0.3 is 0 Å². The molecular formula is C12H16O. The van der Waals surface area contributed by atoms with Gasteiger partial charge in [-0.2, -0.15) is 0 Å². The number of benzene rings is 1. The van der Waals surface area contributed by atoms with Crippen LogP contribution >= 0.6 is 0 Å². The van der Waals surface area contributed by atoms with Gasteiger partial charge in [0, 0.05) is 5.39 Å². The molecule has 2 rings (SSSR count). The summed E-state index contributed by atoms with van der Waals surface area (Å²) in [6.07, 6.45) is 1.70. The van der Waals surface area contributed by atoms with E-state index < -0.39 is 0 Å². The Morgan fingerprint density at radius 2 is 1.62 bits per heavy atom. The van der Waals surface area contributed by atoms with Crippen molar-refractivity contribution in [3.8, 4) is 0 Å². The third-order valence-electron chi connectivity index (χ3n) is 1.36. The first-order valence-corrected chi connectivity index (χ1v) is 4.62. The van der Waals surface area contributed by atoms with E-state index in [1.165, 1.54) is 0 Å². The minimum absolute atomic E-state index is 0.833. The van der Waals surface area contributed by atoms with Gasteiger partial charge in [-0.15, -0.1) is 0 Å². The van der Waals surface area contributed by atoms with Gasteiger partial charge in [0.05, 0.1) is 6.26 Å². The molecule has 0 atom stereocenters. The number of fused-ring (bicyclic) bond motifs is 1. The van der Waals surface area contributed by atoms with Crippen LogP contribution in [0.5, 0.6) is 0 Å². The zero-order valence-corrected chi connectivity index (χ0v) is 8.45. The normalized spacial score (nSPS) is 9.85. The van der Waals surface area contributed by atoms with Crippen LogP contribution in [-0.2, 0) is 0 Å². The van der Waals surface area contributed by atoms with Crippen LogP contribution in [0.4, 0.5) is 0 Å². The van der Waals surface area contributed by atoms with Crippen molar-refractivity contribution in [3.05, 3.63) is 36.6 Å². The van der Waals surface area contributed by atoms with E-state index in [4.69, 9.17) is 4.42 Å². The second kappa shape index (κ2) is 4.70. The van der Waals surface area contributed by atoms with Crippen LogP contribution in [0.15, 0.2) is 41.0 Å². The molecule has 0 amide bonds. The maximum absolute atomic E-state index is 5.12. The standard InChI is InChI=1S/C8H6O.C4H10/c1-2-4-8-7(3-1)5-6-9-8;1-4(2)3/h1-6H;4H,1-3H3. The Morgan fingerprint density at radius 1 is 1.00 bits per heavy atom. The maximum Gasteiger partial charge on any atom is 0.133 e. The smallest absolute Gasteiger partial charge is 0.133 e. The van der Waals surface area contributed by atoms with Crippen molar-refractivity contribution in [2.75, 3.05) is 0 Å². The van der Waals surface area contributed by atoms with Crippen molar-refractivity contribution in [1.29, 1.82) is 0 Å². The predicted molar refractivity (Wildman–Crippen MR) is 56.7 cm³/mol. The van der Waals surface area contributed by atoms with Gasteiger partial charge in [-0.1, -0.05) is 39.0 Å². The van der Waals surface area contributed by atoms with Crippen molar-refractivity contribution in [2.24, 2.45) is 5.92 Å². The minimum atomic E-state index is 0.833. The summed E-state index contributed by atoms with van der Waals surface area (Å²) in [6, 6.07) is 9.90. The van der Waals surface area contributed by atoms with Crippen LogP contribution in [-0.4, -0.2) is 0 Å². The third kappa shape index (κ3) is 3.32. The Labute approximate surface area is 79.4 Å². The van der Waals surface area contributed by atoms with Gasteiger partial charge in [0.15, 0.2) is 0 Å². The zero-order chi connectivity index (χ0) is 9.68. The number of para-hydroxylation sites is 1. The highest BCUT2D eigenvalue weighted by Crippen LogP contribution is 2.12. The van der Waals surface area contributed by atoms with E-state index in [-0.39, 0.29) is 0 Å². The van der Waals surface area contributed by atoms with Crippen LogP contribution in [0.25, 0.3) is 11.0 Å². The quantitative estimate of drug-likeness (QED) is 0.589. The van der Waals surface area contributed by atoms with Gasteiger partial charge in [-0.05, 0) is 18.1 Å². The van der Waals surface area contributed by atoms with Crippen LogP contribution in [0.1, 0.15) is 20.8 Å². The molecule has 0 bridgehead atoms. The van der Waals surface area contributed by atoms with Gasteiger partial charge in [0.2, 0.25) is 0 Å². The lowest BCUT2D eigenvalue weighted by molar-refractivity contribution is 0.616. The van der Waals surface area contributed by atoms with E-state index in [2.05, 4.69) is 20.8 Å². The molecular weight excluding hydrogens is 160 g/mol. The first-order valence-electron chi connectivity index (χ1n) is 4.62. The predicted octanol–water partition coefficient (Wildman–Crippen LogP) is 4.10. The van der Waals surface area contributed by atoms with Crippen LogP contribution in [0, 0.1) is 5.92 Å². The molecule has 1 aromatic heterocycles. The topological polar surface area (TPSA) is 13.1 Å². The highest BCUT2D eigenvalue weighted by atomic mass is 16.3. The fourth-order valence-electron chi connectivity index (χ4n) is 0.906. The average Bonchev–Trinajstić information content (AvgIpc) is 2.49. The monoisotopic (exact) mass is 176 g/mol. The van der Waals surface area contributed by atoms with E-state index in [1.807, 2.05) is 30.3 Å². The molecule has 1 heteroatoms. The molecule has 1 aromatic carbocycles. The molecule has 0 saturated carbocycles. The van der Waals surface area contributed by atoms with Gasteiger partial charge in [-0.3, -0.25) is 0 Å². The lowest BCUT2D eigenvalue weighted by Gasteiger charge is -1.81. The fourth-order valence-corrected chi connectivity index (χ4v) is 0.906. The van der Waals surface area contributed by atoms with Crippen molar-refractivity contribution >= 4 is 11.0 Å². The Hall–Kier alpha value is -1.24. The molecule has 0 aliphatic carbocycles. The SMILES string of the molecule is CC(C)C.c1ccc2occc2c1. The summed E-state index contributed by atoms with van der Waals surface area (Å²) in [7, 11) is 0. The first kappa shape index (κ1) is 9.85. The number of hydrogen-bond donors (Lipinski definition) is 0. The molecule has 0 radical (unpaired) electrons. The summed E-state index contributed by atoms with van der Waals surface area (Å²) in [5.41, 5.74) is 0.956. The largest absolute Gasteiger partial charge is 0.464 e. The van der Waals surface area contributed by atoms with E-state index in [0.717, 1.165) is 16.9 Å². The summed E-state index contributed by atoms with van der Waals surface area (Å²) < 4.78 is 5.12. The number of rotatable bonds is 0. The second-order valence-corrected chi connectivity index (χ2v) is 3.69. The van der Waals surface area contributed by atoms with Crippen molar-refractivity contribution < 1.29 is 4.42 Å². The summed E-state index contributed by atoms with van der Waals surface area (Å²) in [5, 5.41) is 1.16. The first-order chi connectivity index (χ1) is 6.20. The van der Waals surface area contributed by atoms with Gasteiger partial charge < -0.3 is 4.42 Å². The van der Waals surface area contributed by atoms with E-state index in [1.54, 1.807) is 6.26 Å². The highest BCUT2D eigenvalue weighted by molar-refractivity contribution is 5.76. The molecule has 0 fully saturated rings. The van der Waals surface area contributed by atoms with E-state index >= 15 is 0 Å².